The lowest BCUT2D eigenvalue weighted by Crippen LogP contribution is -2.25. The third-order valence-electron chi connectivity index (χ3n) is 2.50. The molecule has 0 unspecified atom stereocenters. The fourth-order valence-corrected chi connectivity index (χ4v) is 2.74. The predicted molar refractivity (Wildman–Crippen MR) is 66.8 cm³/mol. The van der Waals surface area contributed by atoms with Crippen LogP contribution in [0.2, 0.25) is 0 Å². The maximum Gasteiger partial charge on any atom is 0.246 e. The molecule has 0 spiro atoms. The SMILES string of the molecule is O=S(=O)(NCc1ccccc1)c1c(F)cccc1F. The Labute approximate surface area is 109 Å². The van der Waals surface area contributed by atoms with E-state index < -0.39 is 26.6 Å². The number of nitrogens with one attached hydrogen (secondary N) is 1. The third kappa shape index (κ3) is 3.15. The molecule has 2 aromatic rings. The van der Waals surface area contributed by atoms with E-state index in [-0.39, 0.29) is 6.54 Å². The Morgan fingerprint density at radius 1 is 0.895 bits per heavy atom. The summed E-state index contributed by atoms with van der Waals surface area (Å²) in [5.74, 6) is -2.22. The van der Waals surface area contributed by atoms with E-state index in [0.717, 1.165) is 18.2 Å². The van der Waals surface area contributed by atoms with Crippen LogP contribution in [0.3, 0.4) is 0 Å². The van der Waals surface area contributed by atoms with Gasteiger partial charge >= 0.3 is 0 Å². The highest BCUT2D eigenvalue weighted by atomic mass is 32.2. The minimum absolute atomic E-state index is 0.0308. The van der Waals surface area contributed by atoms with Crippen molar-refractivity contribution >= 4 is 10.0 Å². The summed E-state index contributed by atoms with van der Waals surface area (Å²) < 4.78 is 52.7. The quantitative estimate of drug-likeness (QED) is 0.936. The summed E-state index contributed by atoms with van der Waals surface area (Å²) in [7, 11) is -4.22. The minimum Gasteiger partial charge on any atom is -0.207 e. The standard InChI is InChI=1S/C13H11F2NO2S/c14-11-7-4-8-12(15)13(11)19(17,18)16-9-10-5-2-1-3-6-10/h1-8,16H,9H2. The summed E-state index contributed by atoms with van der Waals surface area (Å²) in [5.41, 5.74) is 0.697. The molecule has 0 aromatic heterocycles. The summed E-state index contributed by atoms with van der Waals surface area (Å²) in [6.45, 7) is -0.0308. The maximum atomic E-state index is 13.4. The zero-order chi connectivity index (χ0) is 13.9. The van der Waals surface area contributed by atoms with E-state index in [1.165, 1.54) is 0 Å². The second kappa shape index (κ2) is 5.46. The van der Waals surface area contributed by atoms with Crippen molar-refractivity contribution in [1.82, 2.24) is 4.72 Å². The molecule has 1 N–H and O–H groups in total. The van der Waals surface area contributed by atoms with Crippen LogP contribution >= 0.6 is 0 Å². The predicted octanol–water partition coefficient (Wildman–Crippen LogP) is 2.44. The summed E-state index contributed by atoms with van der Waals surface area (Å²) >= 11 is 0. The van der Waals surface area contributed by atoms with Gasteiger partial charge in [0.1, 0.15) is 11.6 Å². The van der Waals surface area contributed by atoms with Gasteiger partial charge < -0.3 is 0 Å². The lowest BCUT2D eigenvalue weighted by Gasteiger charge is -2.08. The number of halogens is 2. The van der Waals surface area contributed by atoms with Gasteiger partial charge in [0.25, 0.3) is 0 Å². The van der Waals surface area contributed by atoms with Crippen molar-refractivity contribution < 1.29 is 17.2 Å². The highest BCUT2D eigenvalue weighted by Crippen LogP contribution is 2.18. The molecule has 0 saturated heterocycles. The van der Waals surface area contributed by atoms with Crippen molar-refractivity contribution in [2.75, 3.05) is 0 Å². The van der Waals surface area contributed by atoms with Gasteiger partial charge in [-0.2, -0.15) is 0 Å². The van der Waals surface area contributed by atoms with Crippen LogP contribution in [-0.4, -0.2) is 8.42 Å². The molecular formula is C13H11F2NO2S. The van der Waals surface area contributed by atoms with Gasteiger partial charge in [0.15, 0.2) is 4.90 Å². The first-order valence-corrected chi connectivity index (χ1v) is 6.96. The van der Waals surface area contributed by atoms with Gasteiger partial charge in [0, 0.05) is 6.54 Å². The summed E-state index contributed by atoms with van der Waals surface area (Å²) in [5, 5.41) is 0. The van der Waals surface area contributed by atoms with E-state index in [1.54, 1.807) is 30.3 Å². The average molecular weight is 283 g/mol. The molecule has 2 rings (SSSR count). The molecule has 6 heteroatoms. The summed E-state index contributed by atoms with van der Waals surface area (Å²) in [6.07, 6.45) is 0. The lowest BCUT2D eigenvalue weighted by molar-refractivity contribution is 0.514. The largest absolute Gasteiger partial charge is 0.246 e. The Hall–Kier alpha value is -1.79. The number of hydrogen-bond donors (Lipinski definition) is 1. The average Bonchev–Trinajstić information content (AvgIpc) is 2.37. The van der Waals surface area contributed by atoms with E-state index in [4.69, 9.17) is 0 Å². The topological polar surface area (TPSA) is 46.2 Å². The van der Waals surface area contributed by atoms with Crippen molar-refractivity contribution in [2.24, 2.45) is 0 Å². The zero-order valence-electron chi connectivity index (χ0n) is 9.81. The second-order valence-electron chi connectivity index (χ2n) is 3.86. The van der Waals surface area contributed by atoms with Crippen LogP contribution in [0.15, 0.2) is 53.4 Å². The van der Waals surface area contributed by atoms with Gasteiger partial charge in [-0.05, 0) is 17.7 Å². The molecule has 0 aliphatic heterocycles. The van der Waals surface area contributed by atoms with Crippen molar-refractivity contribution in [3.05, 3.63) is 65.7 Å². The van der Waals surface area contributed by atoms with E-state index in [0.29, 0.717) is 5.56 Å². The van der Waals surface area contributed by atoms with Crippen LogP contribution in [0, 0.1) is 11.6 Å². The maximum absolute atomic E-state index is 13.4. The molecule has 3 nitrogen and oxygen atoms in total. The van der Waals surface area contributed by atoms with Gasteiger partial charge in [-0.3, -0.25) is 0 Å². The monoisotopic (exact) mass is 283 g/mol. The van der Waals surface area contributed by atoms with Crippen LogP contribution in [0.1, 0.15) is 5.56 Å². The van der Waals surface area contributed by atoms with Crippen LogP contribution < -0.4 is 4.72 Å². The van der Waals surface area contributed by atoms with Crippen molar-refractivity contribution in [3.63, 3.8) is 0 Å². The van der Waals surface area contributed by atoms with Gasteiger partial charge in [-0.25, -0.2) is 21.9 Å². The molecule has 2 aromatic carbocycles. The fourth-order valence-electron chi connectivity index (χ4n) is 1.59. The fraction of sp³-hybridized carbons (Fsp3) is 0.0769. The second-order valence-corrected chi connectivity index (χ2v) is 5.56. The van der Waals surface area contributed by atoms with E-state index in [1.807, 2.05) is 0 Å². The highest BCUT2D eigenvalue weighted by molar-refractivity contribution is 7.89. The molecule has 0 bridgehead atoms. The van der Waals surface area contributed by atoms with E-state index >= 15 is 0 Å². The van der Waals surface area contributed by atoms with Gasteiger partial charge in [-0.15, -0.1) is 0 Å². The first-order valence-electron chi connectivity index (χ1n) is 5.48. The van der Waals surface area contributed by atoms with Crippen LogP contribution in [0.4, 0.5) is 8.78 Å². The molecule has 0 amide bonds. The van der Waals surface area contributed by atoms with Crippen LogP contribution in [0.25, 0.3) is 0 Å². The summed E-state index contributed by atoms with van der Waals surface area (Å²) in [4.78, 5) is -0.953. The van der Waals surface area contributed by atoms with Gasteiger partial charge in [-0.1, -0.05) is 36.4 Å². The molecule has 100 valence electrons. The first kappa shape index (κ1) is 13.6. The Morgan fingerprint density at radius 2 is 1.47 bits per heavy atom. The van der Waals surface area contributed by atoms with Crippen molar-refractivity contribution in [1.29, 1.82) is 0 Å². The first-order chi connectivity index (χ1) is 9.00. The molecule has 0 saturated carbocycles. The van der Waals surface area contributed by atoms with Crippen molar-refractivity contribution in [3.8, 4) is 0 Å². The molecule has 0 atom stereocenters. The smallest absolute Gasteiger partial charge is 0.207 e. The Morgan fingerprint density at radius 3 is 2.05 bits per heavy atom. The minimum atomic E-state index is -4.22. The lowest BCUT2D eigenvalue weighted by atomic mass is 10.2. The number of sulfonamides is 1. The number of hydrogen-bond acceptors (Lipinski definition) is 2. The molecule has 0 radical (unpaired) electrons. The van der Waals surface area contributed by atoms with Crippen LogP contribution in [-0.2, 0) is 16.6 Å². The van der Waals surface area contributed by atoms with E-state index in [2.05, 4.69) is 4.72 Å². The van der Waals surface area contributed by atoms with Gasteiger partial charge in [0.05, 0.1) is 0 Å². The Balaban J connectivity index is 2.24. The molecule has 0 fully saturated rings. The Bertz CT molecular complexity index is 652. The normalized spacial score (nSPS) is 11.5. The Kier molecular flexibility index (Phi) is 3.92. The number of rotatable bonds is 4. The van der Waals surface area contributed by atoms with Gasteiger partial charge in [0.2, 0.25) is 10.0 Å². The zero-order valence-corrected chi connectivity index (χ0v) is 10.6. The highest BCUT2D eigenvalue weighted by Gasteiger charge is 2.23. The van der Waals surface area contributed by atoms with Crippen molar-refractivity contribution in [2.45, 2.75) is 11.4 Å². The molecule has 0 heterocycles. The summed E-state index contributed by atoms with van der Waals surface area (Å²) in [6, 6.07) is 11.6. The molecule has 0 aliphatic rings. The molecule has 0 aliphatic carbocycles. The molecule has 19 heavy (non-hydrogen) atoms. The molecular weight excluding hydrogens is 272 g/mol. The van der Waals surface area contributed by atoms with E-state index in [9.17, 15) is 17.2 Å². The number of benzene rings is 2. The van der Waals surface area contributed by atoms with Crippen LogP contribution in [0.5, 0.6) is 0 Å². The third-order valence-corrected chi connectivity index (χ3v) is 3.95.